The highest BCUT2D eigenvalue weighted by Crippen LogP contribution is 2.23. The van der Waals surface area contributed by atoms with Gasteiger partial charge in [0.1, 0.15) is 11.9 Å². The first-order valence-electron chi connectivity index (χ1n) is 13.4. The normalized spacial score (nSPS) is 18.7. The minimum atomic E-state index is -1.00. The van der Waals surface area contributed by atoms with Crippen molar-refractivity contribution < 1.29 is 32.5 Å². The Bertz CT molecular complexity index is 1020. The molecule has 1 aromatic carbocycles. The van der Waals surface area contributed by atoms with Crippen molar-refractivity contribution in [2.45, 2.75) is 105 Å². The number of carbonyl (C=O) groups is 1. The van der Waals surface area contributed by atoms with Crippen LogP contribution in [0.25, 0.3) is 0 Å². The summed E-state index contributed by atoms with van der Waals surface area (Å²) in [6.45, 7) is 14.7. The number of methoxy groups -OCH3 is 1. The summed E-state index contributed by atoms with van der Waals surface area (Å²) in [6, 6.07) is 3.16. The highest BCUT2D eigenvalue weighted by molar-refractivity contribution is 6.02. The van der Waals surface area contributed by atoms with E-state index in [1.54, 1.807) is 27.0 Å². The first-order valence-corrected chi connectivity index (χ1v) is 13.4. The lowest BCUT2D eigenvalue weighted by Gasteiger charge is -2.12. The Labute approximate surface area is 232 Å². The molecule has 1 N–H and O–H groups in total. The van der Waals surface area contributed by atoms with E-state index in [4.69, 9.17) is 9.84 Å². The average molecular weight is 554 g/mol. The summed E-state index contributed by atoms with van der Waals surface area (Å²) in [6.07, 6.45) is 9.07. The number of allylic oxidation sites excluding steroid dienone is 5. The van der Waals surface area contributed by atoms with Gasteiger partial charge in [-0.1, -0.05) is 38.0 Å². The minimum absolute atomic E-state index is 0.0549. The van der Waals surface area contributed by atoms with Gasteiger partial charge < -0.3 is 14.6 Å². The second kappa shape index (κ2) is 18.7. The number of hydrogen-bond donors (Lipinski definition) is 1. The number of nitrogens with zero attached hydrogens (tertiary/aromatic N) is 1. The Kier molecular flexibility index (Phi) is 17.5. The zero-order chi connectivity index (χ0) is 30.2. The van der Waals surface area contributed by atoms with Crippen LogP contribution in [0.5, 0.6) is 0 Å². The van der Waals surface area contributed by atoms with Crippen molar-refractivity contribution in [3.8, 4) is 0 Å². The molecule has 0 saturated carbocycles. The molecule has 2 atom stereocenters. The summed E-state index contributed by atoms with van der Waals surface area (Å²) in [7, 11) is 1.46. The second-order valence-electron chi connectivity index (χ2n) is 9.71. The van der Waals surface area contributed by atoms with E-state index in [1.807, 2.05) is 33.8 Å². The molecule has 2 rings (SSSR count). The van der Waals surface area contributed by atoms with Crippen LogP contribution in [0.4, 0.5) is 13.2 Å². The third-order valence-corrected chi connectivity index (χ3v) is 5.74. The number of aliphatic imine (C=N–C) groups is 1. The van der Waals surface area contributed by atoms with Gasteiger partial charge in [0.05, 0.1) is 6.10 Å². The van der Waals surface area contributed by atoms with Gasteiger partial charge in [0.25, 0.3) is 0 Å². The predicted octanol–water partition coefficient (Wildman–Crippen LogP) is 8.44. The molecular formula is C31H46F3NO4. The van der Waals surface area contributed by atoms with Crippen LogP contribution < -0.4 is 0 Å². The van der Waals surface area contributed by atoms with Gasteiger partial charge in [-0.2, -0.15) is 0 Å². The summed E-state index contributed by atoms with van der Waals surface area (Å²) in [5, 5.41) is 8.60. The minimum Gasteiger partial charge on any atom is -0.367 e. The number of rotatable bonds is 9. The van der Waals surface area contributed by atoms with E-state index in [0.29, 0.717) is 12.0 Å². The van der Waals surface area contributed by atoms with E-state index < -0.39 is 23.5 Å². The molecular weight excluding hydrogens is 507 g/mol. The van der Waals surface area contributed by atoms with E-state index in [9.17, 15) is 18.0 Å². The lowest BCUT2D eigenvalue weighted by atomic mass is 10.0. The Morgan fingerprint density at radius 1 is 1.21 bits per heavy atom. The highest BCUT2D eigenvalue weighted by Gasteiger charge is 2.29. The quantitative estimate of drug-likeness (QED) is 0.144. The van der Waals surface area contributed by atoms with Crippen molar-refractivity contribution >= 4 is 11.5 Å². The third-order valence-electron chi connectivity index (χ3n) is 5.74. The molecule has 1 aliphatic rings. The molecule has 0 spiro atoms. The Morgan fingerprint density at radius 2 is 1.82 bits per heavy atom. The van der Waals surface area contributed by atoms with Crippen molar-refractivity contribution in [3.63, 3.8) is 0 Å². The van der Waals surface area contributed by atoms with Gasteiger partial charge in [-0.05, 0) is 85.4 Å². The van der Waals surface area contributed by atoms with Gasteiger partial charge in [-0.3, -0.25) is 9.79 Å². The molecule has 5 nitrogen and oxygen atoms in total. The van der Waals surface area contributed by atoms with Gasteiger partial charge in [-0.25, -0.2) is 13.2 Å². The zero-order valence-corrected chi connectivity index (χ0v) is 24.9. The topological polar surface area (TPSA) is 68.1 Å². The lowest BCUT2D eigenvalue weighted by molar-refractivity contribution is -0.155. The van der Waals surface area contributed by atoms with E-state index in [0.717, 1.165) is 49.1 Å². The zero-order valence-electron chi connectivity index (χ0n) is 24.9. The summed E-state index contributed by atoms with van der Waals surface area (Å²) in [5.41, 5.74) is 2.64. The Balaban J connectivity index is 0.000000615. The maximum atomic E-state index is 13.8. The van der Waals surface area contributed by atoms with E-state index in [2.05, 4.69) is 16.7 Å². The first kappa shape index (κ1) is 36.5. The van der Waals surface area contributed by atoms with E-state index in [1.165, 1.54) is 19.3 Å². The maximum Gasteiger partial charge on any atom is 0.191 e. The fraction of sp³-hybridized carbons (Fsp3) is 0.548. The summed E-state index contributed by atoms with van der Waals surface area (Å²) < 4.78 is 49.3. The average Bonchev–Trinajstić information content (AvgIpc) is 3.32. The molecule has 1 fully saturated rings. The molecule has 0 amide bonds. The number of benzene rings is 1. The molecule has 1 heterocycles. The van der Waals surface area contributed by atoms with Gasteiger partial charge in [0.2, 0.25) is 0 Å². The molecule has 1 aliphatic heterocycles. The second-order valence-corrected chi connectivity index (χ2v) is 9.71. The van der Waals surface area contributed by atoms with Gasteiger partial charge in [0.15, 0.2) is 23.2 Å². The van der Waals surface area contributed by atoms with Crippen molar-refractivity contribution in [2.75, 3.05) is 7.11 Å². The van der Waals surface area contributed by atoms with Gasteiger partial charge >= 0.3 is 0 Å². The van der Waals surface area contributed by atoms with Crippen LogP contribution >= 0.6 is 0 Å². The highest BCUT2D eigenvalue weighted by atomic mass is 19.2. The lowest BCUT2D eigenvalue weighted by Crippen LogP contribution is -2.21. The van der Waals surface area contributed by atoms with Gasteiger partial charge in [-0.15, -0.1) is 0 Å². The molecule has 8 heteroatoms. The van der Waals surface area contributed by atoms with Crippen LogP contribution in [0.3, 0.4) is 0 Å². The Morgan fingerprint density at radius 3 is 2.26 bits per heavy atom. The molecule has 0 aliphatic carbocycles. The number of carbonyl (C=O) groups excluding carboxylic acids is 1. The molecule has 0 radical (unpaired) electrons. The summed E-state index contributed by atoms with van der Waals surface area (Å²) in [4.78, 5) is 16.1. The number of ether oxygens (including phenoxy) is 2. The fourth-order valence-electron chi connectivity index (χ4n) is 3.50. The van der Waals surface area contributed by atoms with Crippen LogP contribution in [0.15, 0.2) is 58.5 Å². The molecule has 39 heavy (non-hydrogen) atoms. The van der Waals surface area contributed by atoms with Crippen LogP contribution in [0.1, 0.15) is 97.9 Å². The van der Waals surface area contributed by atoms with Crippen LogP contribution in [0.2, 0.25) is 0 Å². The molecule has 0 bridgehead atoms. The number of aliphatic hydroxyl groups is 1. The molecule has 1 saturated heterocycles. The standard InChI is InChI=1S/C15H24FN.C12H12F2O2.C4H10O2/c1-6-9-11-17-13(5)15(14(16)8-3)12(4)10-7-2;1-7-2-5-11(16-7)12(15)8-3-4-9(13)10(14)6-8;1-4(2,5)6-3/h8-9,11H,6-7,10H2,1-5H3;3-4,6-7,11H,2,5H2,1H3;5H,1-3H3/b11-9+,14-8+,15-12-,17-13+;;. The van der Waals surface area contributed by atoms with Crippen molar-refractivity contribution in [2.24, 2.45) is 4.99 Å². The van der Waals surface area contributed by atoms with Crippen molar-refractivity contribution in [1.29, 1.82) is 0 Å². The number of halogens is 3. The largest absolute Gasteiger partial charge is 0.367 e. The van der Waals surface area contributed by atoms with E-state index >= 15 is 0 Å². The number of hydrogen-bond acceptors (Lipinski definition) is 5. The van der Waals surface area contributed by atoms with Crippen molar-refractivity contribution in [3.05, 3.63) is 70.7 Å². The number of ketones is 1. The van der Waals surface area contributed by atoms with Crippen LogP contribution in [-0.2, 0) is 9.47 Å². The monoisotopic (exact) mass is 553 g/mol. The maximum absolute atomic E-state index is 13.8. The van der Waals surface area contributed by atoms with E-state index in [-0.39, 0.29) is 23.3 Å². The SMILES string of the molecule is CC1CCC(C(=O)c2ccc(F)c(F)c2)O1.COC(C)(C)O.C\C=C(F)/C(=C(/C)CCC)C(/C)=N/C=C/CC. The molecule has 220 valence electrons. The van der Waals surface area contributed by atoms with Crippen molar-refractivity contribution in [1.82, 2.24) is 0 Å². The smallest absolute Gasteiger partial charge is 0.191 e. The molecule has 0 aromatic heterocycles. The Hall–Kier alpha value is -2.55. The fourth-order valence-corrected chi connectivity index (χ4v) is 3.50. The van der Waals surface area contributed by atoms with Crippen LogP contribution in [-0.4, -0.2) is 41.7 Å². The molecule has 2 unspecified atom stereocenters. The summed E-state index contributed by atoms with van der Waals surface area (Å²) >= 11 is 0. The summed E-state index contributed by atoms with van der Waals surface area (Å²) in [5.74, 6) is -3.36. The predicted molar refractivity (Wildman–Crippen MR) is 153 cm³/mol. The third kappa shape index (κ3) is 14.4. The number of Topliss-reactive ketones (excluding diaryl/α,β-unsaturated/α-hetero) is 1. The first-order chi connectivity index (χ1) is 18.2. The van der Waals surface area contributed by atoms with Gasteiger partial charge in [0, 0.05) is 30.2 Å². The van der Waals surface area contributed by atoms with Crippen LogP contribution in [0, 0.1) is 11.6 Å². The molecule has 1 aromatic rings.